The number of carbonyl (C=O) groups excluding carboxylic acids is 1. The molecule has 19 heavy (non-hydrogen) atoms. The van der Waals surface area contributed by atoms with E-state index in [0.29, 0.717) is 5.69 Å². The van der Waals surface area contributed by atoms with E-state index in [9.17, 15) is 9.18 Å². The number of anilines is 1. The first-order valence-corrected chi connectivity index (χ1v) is 6.50. The zero-order valence-corrected chi connectivity index (χ0v) is 10.7. The molecule has 2 rings (SSSR count). The minimum absolute atomic E-state index is 0.114. The second kappa shape index (κ2) is 6.52. The lowest BCUT2D eigenvalue weighted by Crippen LogP contribution is -2.11. The predicted molar refractivity (Wildman–Crippen MR) is 69.3 cm³/mol. The molecular weight excluding hydrogens is 249 g/mol. The highest BCUT2D eigenvalue weighted by molar-refractivity contribution is 5.90. The number of nitrogen functional groups attached to an aromatic ring is 1. The molecule has 0 saturated carbocycles. The number of carbonyl (C=O) groups is 1. The van der Waals surface area contributed by atoms with Crippen LogP contribution in [-0.2, 0) is 9.47 Å². The van der Waals surface area contributed by atoms with Gasteiger partial charge >= 0.3 is 5.97 Å². The van der Waals surface area contributed by atoms with Crippen LogP contribution in [0, 0.1) is 5.82 Å². The van der Waals surface area contributed by atoms with Crippen LogP contribution in [0.15, 0.2) is 18.2 Å². The Hall–Kier alpha value is -1.62. The maximum absolute atomic E-state index is 13.4. The second-order valence-corrected chi connectivity index (χ2v) is 4.65. The van der Waals surface area contributed by atoms with E-state index in [1.807, 2.05) is 0 Å². The Morgan fingerprint density at radius 2 is 2.37 bits per heavy atom. The van der Waals surface area contributed by atoms with E-state index in [2.05, 4.69) is 0 Å². The molecule has 5 heteroatoms. The number of ether oxygens (including phenoxy) is 2. The first-order valence-electron chi connectivity index (χ1n) is 6.50. The normalized spacial score (nSPS) is 18.5. The van der Waals surface area contributed by atoms with Gasteiger partial charge in [0, 0.05) is 12.3 Å². The summed E-state index contributed by atoms with van der Waals surface area (Å²) < 4.78 is 23.9. The third kappa shape index (κ3) is 3.92. The molecule has 0 amide bonds. The van der Waals surface area contributed by atoms with Gasteiger partial charge in [-0.15, -0.1) is 0 Å². The lowest BCUT2D eigenvalue weighted by Gasteiger charge is -2.09. The lowest BCUT2D eigenvalue weighted by molar-refractivity contribution is 0.0456. The summed E-state index contributed by atoms with van der Waals surface area (Å²) in [6, 6.07) is 3.86. The molecule has 104 valence electrons. The van der Waals surface area contributed by atoms with Crippen LogP contribution in [0.25, 0.3) is 0 Å². The summed E-state index contributed by atoms with van der Waals surface area (Å²) in [4.78, 5) is 11.7. The standard InChI is InChI=1S/C14H18FNO3/c15-13-6-5-10(16)9-12(13)14(17)19-8-2-4-11-3-1-7-18-11/h5-6,9,11H,1-4,7-8,16H2. The highest BCUT2D eigenvalue weighted by Gasteiger charge is 2.16. The van der Waals surface area contributed by atoms with Gasteiger partial charge in [-0.2, -0.15) is 0 Å². The minimum atomic E-state index is -0.669. The molecule has 4 nitrogen and oxygen atoms in total. The number of hydrogen-bond acceptors (Lipinski definition) is 4. The fourth-order valence-corrected chi connectivity index (χ4v) is 2.12. The molecule has 0 spiro atoms. The summed E-state index contributed by atoms with van der Waals surface area (Å²) in [6.07, 6.45) is 4.03. The van der Waals surface area contributed by atoms with Crippen molar-refractivity contribution < 1.29 is 18.7 Å². The maximum Gasteiger partial charge on any atom is 0.341 e. The molecule has 0 aliphatic carbocycles. The van der Waals surface area contributed by atoms with Crippen LogP contribution in [0.5, 0.6) is 0 Å². The van der Waals surface area contributed by atoms with Gasteiger partial charge in [-0.3, -0.25) is 0 Å². The summed E-state index contributed by atoms with van der Waals surface area (Å²) >= 11 is 0. The minimum Gasteiger partial charge on any atom is -0.462 e. The van der Waals surface area contributed by atoms with Crippen LogP contribution in [0.1, 0.15) is 36.0 Å². The molecule has 1 saturated heterocycles. The van der Waals surface area contributed by atoms with Crippen molar-refractivity contribution in [3.05, 3.63) is 29.6 Å². The van der Waals surface area contributed by atoms with E-state index in [4.69, 9.17) is 15.2 Å². The topological polar surface area (TPSA) is 61.6 Å². The maximum atomic E-state index is 13.4. The van der Waals surface area contributed by atoms with Gasteiger partial charge in [-0.25, -0.2) is 9.18 Å². The first-order chi connectivity index (χ1) is 9.16. The molecule has 1 fully saturated rings. The van der Waals surface area contributed by atoms with E-state index >= 15 is 0 Å². The highest BCUT2D eigenvalue weighted by Crippen LogP contribution is 2.17. The number of rotatable bonds is 5. The molecule has 1 atom stereocenters. The molecular formula is C14H18FNO3. The second-order valence-electron chi connectivity index (χ2n) is 4.65. The smallest absolute Gasteiger partial charge is 0.341 e. The predicted octanol–water partition coefficient (Wildman–Crippen LogP) is 2.52. The lowest BCUT2D eigenvalue weighted by atomic mass is 10.1. The molecule has 0 aromatic heterocycles. The van der Waals surface area contributed by atoms with Crippen molar-refractivity contribution in [2.45, 2.75) is 31.8 Å². The number of nitrogens with two attached hydrogens (primary N) is 1. The van der Waals surface area contributed by atoms with Crippen molar-refractivity contribution in [3.63, 3.8) is 0 Å². The van der Waals surface area contributed by atoms with Crippen molar-refractivity contribution in [3.8, 4) is 0 Å². The zero-order valence-electron chi connectivity index (χ0n) is 10.7. The Labute approximate surface area is 111 Å². The van der Waals surface area contributed by atoms with Gasteiger partial charge in [0.25, 0.3) is 0 Å². The van der Waals surface area contributed by atoms with E-state index in [0.717, 1.165) is 38.4 Å². The van der Waals surface area contributed by atoms with Gasteiger partial charge in [0.15, 0.2) is 0 Å². The third-order valence-corrected chi connectivity index (χ3v) is 3.14. The molecule has 1 aromatic carbocycles. The molecule has 1 aromatic rings. The van der Waals surface area contributed by atoms with Crippen LogP contribution in [-0.4, -0.2) is 25.3 Å². The molecule has 1 aliphatic heterocycles. The number of esters is 1. The summed E-state index contributed by atoms with van der Waals surface area (Å²) in [5, 5.41) is 0. The molecule has 1 unspecified atom stereocenters. The van der Waals surface area contributed by atoms with Crippen molar-refractivity contribution >= 4 is 11.7 Å². The molecule has 0 bridgehead atoms. The van der Waals surface area contributed by atoms with Crippen molar-refractivity contribution in [2.24, 2.45) is 0 Å². The van der Waals surface area contributed by atoms with Gasteiger partial charge in [0.1, 0.15) is 5.82 Å². The van der Waals surface area contributed by atoms with E-state index < -0.39 is 11.8 Å². The van der Waals surface area contributed by atoms with Crippen LogP contribution >= 0.6 is 0 Å². The van der Waals surface area contributed by atoms with Crippen molar-refractivity contribution in [2.75, 3.05) is 18.9 Å². The first kappa shape index (κ1) is 13.8. The third-order valence-electron chi connectivity index (χ3n) is 3.14. The summed E-state index contributed by atoms with van der Waals surface area (Å²) in [5.41, 5.74) is 5.74. The van der Waals surface area contributed by atoms with Crippen molar-refractivity contribution in [1.82, 2.24) is 0 Å². The summed E-state index contributed by atoms with van der Waals surface area (Å²) in [6.45, 7) is 1.09. The fourth-order valence-electron chi connectivity index (χ4n) is 2.12. The molecule has 0 radical (unpaired) electrons. The monoisotopic (exact) mass is 267 g/mol. The van der Waals surface area contributed by atoms with E-state index in [-0.39, 0.29) is 18.3 Å². The van der Waals surface area contributed by atoms with Crippen molar-refractivity contribution in [1.29, 1.82) is 0 Å². The van der Waals surface area contributed by atoms with Gasteiger partial charge in [0.05, 0.1) is 18.3 Å². The number of benzene rings is 1. The number of hydrogen-bond donors (Lipinski definition) is 1. The van der Waals surface area contributed by atoms with Gasteiger partial charge in [-0.1, -0.05) is 0 Å². The fraction of sp³-hybridized carbons (Fsp3) is 0.500. The van der Waals surface area contributed by atoms with Crippen LogP contribution in [0.4, 0.5) is 10.1 Å². The summed E-state index contributed by atoms with van der Waals surface area (Å²) in [7, 11) is 0. The Bertz CT molecular complexity index is 444. The van der Waals surface area contributed by atoms with Gasteiger partial charge < -0.3 is 15.2 Å². The Morgan fingerprint density at radius 1 is 1.53 bits per heavy atom. The largest absolute Gasteiger partial charge is 0.462 e. The highest BCUT2D eigenvalue weighted by atomic mass is 19.1. The Kier molecular flexibility index (Phi) is 4.74. The van der Waals surface area contributed by atoms with Gasteiger partial charge in [-0.05, 0) is 43.9 Å². The molecule has 2 N–H and O–H groups in total. The SMILES string of the molecule is Nc1ccc(F)c(C(=O)OCCCC2CCCO2)c1. The quantitative estimate of drug-likeness (QED) is 0.506. The van der Waals surface area contributed by atoms with Crippen LogP contribution < -0.4 is 5.73 Å². The zero-order chi connectivity index (χ0) is 13.7. The average Bonchev–Trinajstić information content (AvgIpc) is 2.90. The van der Waals surface area contributed by atoms with Gasteiger partial charge in [0.2, 0.25) is 0 Å². The van der Waals surface area contributed by atoms with E-state index in [1.165, 1.54) is 12.1 Å². The summed E-state index contributed by atoms with van der Waals surface area (Å²) in [5.74, 6) is -1.28. The molecule has 1 aliphatic rings. The Balaban J connectivity index is 1.75. The Morgan fingerprint density at radius 3 is 3.11 bits per heavy atom. The van der Waals surface area contributed by atoms with Crippen LogP contribution in [0.3, 0.4) is 0 Å². The van der Waals surface area contributed by atoms with Crippen LogP contribution in [0.2, 0.25) is 0 Å². The average molecular weight is 267 g/mol. The number of halogens is 1. The van der Waals surface area contributed by atoms with E-state index in [1.54, 1.807) is 0 Å². The molecule has 1 heterocycles.